The number of halogens is 2. The van der Waals surface area contributed by atoms with Crippen LogP contribution in [-0.2, 0) is 15.5 Å². The molecule has 0 spiro atoms. The zero-order chi connectivity index (χ0) is 13.8. The third-order valence-electron chi connectivity index (χ3n) is 2.47. The van der Waals surface area contributed by atoms with E-state index in [4.69, 9.17) is 0 Å². The van der Waals surface area contributed by atoms with E-state index in [1.165, 1.54) is 12.1 Å². The molecule has 0 aliphatic heterocycles. The van der Waals surface area contributed by atoms with E-state index in [2.05, 4.69) is 11.3 Å². The molecule has 0 bridgehead atoms. The molecule has 0 atom stereocenters. The Morgan fingerprint density at radius 3 is 2.39 bits per heavy atom. The number of alkyl halides is 2. The Bertz CT molecular complexity index is 436. The molecule has 0 N–H and O–H groups in total. The van der Waals surface area contributed by atoms with Crippen molar-refractivity contribution in [3.05, 3.63) is 47.5 Å². The van der Waals surface area contributed by atoms with Gasteiger partial charge in [0, 0.05) is 17.6 Å². The molecule has 0 saturated carbocycles. The van der Waals surface area contributed by atoms with Crippen LogP contribution in [0.15, 0.2) is 36.4 Å². The first-order valence-corrected chi connectivity index (χ1v) is 5.66. The molecule has 0 saturated heterocycles. The Balaban J connectivity index is 2.78. The van der Waals surface area contributed by atoms with Crippen LogP contribution in [-0.4, -0.2) is 12.6 Å². The molecule has 1 rings (SSSR count). The Morgan fingerprint density at radius 2 is 1.89 bits per heavy atom. The molecule has 0 aliphatic carbocycles. The van der Waals surface area contributed by atoms with Gasteiger partial charge in [-0.2, -0.15) is 0 Å². The Labute approximate surface area is 105 Å². The lowest BCUT2D eigenvalue weighted by Gasteiger charge is -2.17. The molecule has 0 unspecified atom stereocenters. The highest BCUT2D eigenvalue weighted by molar-refractivity contribution is 5.87. The highest BCUT2D eigenvalue weighted by Gasteiger charge is 2.34. The summed E-state index contributed by atoms with van der Waals surface area (Å²) in [6.45, 7) is 6.93. The number of ether oxygens (including phenoxy) is 1. The van der Waals surface area contributed by atoms with Gasteiger partial charge in [0.05, 0.1) is 6.61 Å². The number of aryl methyl sites for hydroxylation is 1. The van der Waals surface area contributed by atoms with E-state index in [0.29, 0.717) is 0 Å². The molecule has 0 aromatic heterocycles. The van der Waals surface area contributed by atoms with E-state index in [9.17, 15) is 13.6 Å². The maximum Gasteiger partial charge on any atom is 0.333 e. The van der Waals surface area contributed by atoms with Gasteiger partial charge in [0.2, 0.25) is 0 Å². The summed E-state index contributed by atoms with van der Waals surface area (Å²) >= 11 is 0. The summed E-state index contributed by atoms with van der Waals surface area (Å²) in [6.07, 6.45) is -0.727. The monoisotopic (exact) mass is 254 g/mol. The van der Waals surface area contributed by atoms with Crippen molar-refractivity contribution in [2.24, 2.45) is 0 Å². The smallest absolute Gasteiger partial charge is 0.333 e. The topological polar surface area (TPSA) is 26.3 Å². The summed E-state index contributed by atoms with van der Waals surface area (Å²) < 4.78 is 32.4. The third kappa shape index (κ3) is 3.65. The van der Waals surface area contributed by atoms with Gasteiger partial charge in [0.25, 0.3) is 5.92 Å². The van der Waals surface area contributed by atoms with Gasteiger partial charge in [-0.25, -0.2) is 13.6 Å². The second-order valence-corrected chi connectivity index (χ2v) is 4.07. The highest BCUT2D eigenvalue weighted by Crippen LogP contribution is 2.34. The first-order chi connectivity index (χ1) is 8.36. The lowest BCUT2D eigenvalue weighted by Crippen LogP contribution is -2.18. The van der Waals surface area contributed by atoms with Crippen LogP contribution >= 0.6 is 0 Å². The van der Waals surface area contributed by atoms with Gasteiger partial charge in [0.15, 0.2) is 0 Å². The van der Waals surface area contributed by atoms with Gasteiger partial charge >= 0.3 is 5.97 Å². The van der Waals surface area contributed by atoms with Crippen molar-refractivity contribution in [1.29, 1.82) is 0 Å². The molecule has 0 aliphatic rings. The van der Waals surface area contributed by atoms with Gasteiger partial charge in [-0.1, -0.05) is 36.4 Å². The average Bonchev–Trinajstić information content (AvgIpc) is 2.29. The summed E-state index contributed by atoms with van der Waals surface area (Å²) in [6, 6.07) is 5.92. The molecular weight excluding hydrogens is 238 g/mol. The van der Waals surface area contributed by atoms with Crippen molar-refractivity contribution in [1.82, 2.24) is 0 Å². The lowest BCUT2D eigenvalue weighted by atomic mass is 10.0. The molecule has 1 aromatic carbocycles. The minimum Gasteiger partial charge on any atom is -0.463 e. The van der Waals surface area contributed by atoms with Crippen LogP contribution in [0.3, 0.4) is 0 Å². The zero-order valence-corrected chi connectivity index (χ0v) is 10.5. The highest BCUT2D eigenvalue weighted by atomic mass is 19.3. The molecule has 1 aromatic rings. The molecular formula is C14H16F2O2. The number of benzene rings is 1. The van der Waals surface area contributed by atoms with E-state index in [1.54, 1.807) is 19.1 Å². The third-order valence-corrected chi connectivity index (χ3v) is 2.47. The van der Waals surface area contributed by atoms with Gasteiger partial charge in [0.1, 0.15) is 0 Å². The van der Waals surface area contributed by atoms with Gasteiger partial charge in [-0.15, -0.1) is 0 Å². The minimum absolute atomic E-state index is 0.126. The number of esters is 1. The first kappa shape index (κ1) is 14.4. The lowest BCUT2D eigenvalue weighted by molar-refractivity contribution is -0.139. The summed E-state index contributed by atoms with van der Waals surface area (Å²) in [5.41, 5.74) is 0.555. The quantitative estimate of drug-likeness (QED) is 0.593. The van der Waals surface area contributed by atoms with E-state index < -0.39 is 18.3 Å². The minimum atomic E-state index is -3.11. The summed E-state index contributed by atoms with van der Waals surface area (Å²) in [4.78, 5) is 11.3. The fraction of sp³-hybridized carbons (Fsp3) is 0.357. The molecule has 0 amide bonds. The van der Waals surface area contributed by atoms with Crippen molar-refractivity contribution in [3.63, 3.8) is 0 Å². The average molecular weight is 254 g/mol. The summed E-state index contributed by atoms with van der Waals surface area (Å²) in [5.74, 6) is -3.89. The number of carbonyl (C=O) groups excluding carboxylic acids is 1. The van der Waals surface area contributed by atoms with Crippen molar-refractivity contribution in [2.75, 3.05) is 6.61 Å². The summed E-state index contributed by atoms with van der Waals surface area (Å²) in [5, 5.41) is 0. The van der Waals surface area contributed by atoms with Crippen molar-refractivity contribution >= 4 is 5.97 Å². The van der Waals surface area contributed by atoms with Crippen LogP contribution in [0.4, 0.5) is 8.78 Å². The van der Waals surface area contributed by atoms with E-state index in [0.717, 1.165) is 5.56 Å². The fourth-order valence-corrected chi connectivity index (χ4v) is 1.47. The summed E-state index contributed by atoms with van der Waals surface area (Å²) in [7, 11) is 0. The van der Waals surface area contributed by atoms with Gasteiger partial charge in [-0.05, 0) is 13.8 Å². The molecule has 0 radical (unpaired) electrons. The normalized spacial score (nSPS) is 11.1. The molecule has 0 heterocycles. The van der Waals surface area contributed by atoms with Crippen LogP contribution in [0.5, 0.6) is 0 Å². The second-order valence-electron chi connectivity index (χ2n) is 4.07. The molecule has 2 nitrogen and oxygen atoms in total. The number of carbonyl (C=O) groups is 1. The van der Waals surface area contributed by atoms with Crippen LogP contribution in [0.1, 0.15) is 24.5 Å². The molecule has 4 heteroatoms. The van der Waals surface area contributed by atoms with Crippen LogP contribution in [0, 0.1) is 6.92 Å². The van der Waals surface area contributed by atoms with Gasteiger partial charge in [-0.3, -0.25) is 0 Å². The molecule has 0 fully saturated rings. The van der Waals surface area contributed by atoms with Crippen molar-refractivity contribution in [3.8, 4) is 0 Å². The van der Waals surface area contributed by atoms with Crippen molar-refractivity contribution < 1.29 is 18.3 Å². The van der Waals surface area contributed by atoms with Crippen molar-refractivity contribution in [2.45, 2.75) is 26.2 Å². The maximum absolute atomic E-state index is 13.9. The Morgan fingerprint density at radius 1 is 1.33 bits per heavy atom. The zero-order valence-electron chi connectivity index (χ0n) is 10.5. The number of hydrogen-bond donors (Lipinski definition) is 0. The molecule has 18 heavy (non-hydrogen) atoms. The van der Waals surface area contributed by atoms with E-state index in [1.807, 2.05) is 6.92 Å². The van der Waals surface area contributed by atoms with E-state index in [-0.39, 0.29) is 17.7 Å². The van der Waals surface area contributed by atoms with Gasteiger partial charge < -0.3 is 4.74 Å². The van der Waals surface area contributed by atoms with E-state index >= 15 is 0 Å². The van der Waals surface area contributed by atoms with Crippen LogP contribution in [0.2, 0.25) is 0 Å². The Hall–Kier alpha value is -1.71. The predicted molar refractivity (Wildman–Crippen MR) is 65.5 cm³/mol. The van der Waals surface area contributed by atoms with Crippen LogP contribution < -0.4 is 0 Å². The SMILES string of the molecule is C=C(CC(F)(F)c1ccc(C)cc1)C(=O)OCC. The number of rotatable bonds is 5. The fourth-order valence-electron chi connectivity index (χ4n) is 1.47. The maximum atomic E-state index is 13.9. The number of hydrogen-bond acceptors (Lipinski definition) is 2. The Kier molecular flexibility index (Phi) is 4.59. The standard InChI is InChI=1S/C14H16F2O2/c1-4-18-13(17)11(3)9-14(15,16)12-7-5-10(2)6-8-12/h5-8H,3-4,9H2,1-2H3. The first-order valence-electron chi connectivity index (χ1n) is 5.66. The second kappa shape index (κ2) is 5.76. The predicted octanol–water partition coefficient (Wildman–Crippen LogP) is 3.60. The largest absolute Gasteiger partial charge is 0.463 e. The van der Waals surface area contributed by atoms with Crippen LogP contribution in [0.25, 0.3) is 0 Å². The molecule has 98 valence electrons.